The lowest BCUT2D eigenvalue weighted by Gasteiger charge is -2.24. The Morgan fingerprint density at radius 1 is 1.03 bits per heavy atom. The van der Waals surface area contributed by atoms with Gasteiger partial charge in [0.2, 0.25) is 11.0 Å². The van der Waals surface area contributed by atoms with E-state index in [9.17, 15) is 4.79 Å². The van der Waals surface area contributed by atoms with E-state index in [1.807, 2.05) is 37.3 Å². The molecule has 1 aliphatic heterocycles. The lowest BCUT2D eigenvalue weighted by atomic mass is 9.85. The first-order valence-electron chi connectivity index (χ1n) is 9.91. The smallest absolute Gasteiger partial charge is 0.226 e. The van der Waals surface area contributed by atoms with Crippen LogP contribution in [0.25, 0.3) is 26.1 Å². The second kappa shape index (κ2) is 6.50. The van der Waals surface area contributed by atoms with Gasteiger partial charge in [-0.25, -0.2) is 4.98 Å². The van der Waals surface area contributed by atoms with E-state index in [2.05, 4.69) is 41.7 Å². The van der Waals surface area contributed by atoms with Crippen LogP contribution in [-0.2, 0) is 4.79 Å². The summed E-state index contributed by atoms with van der Waals surface area (Å²) in [5.41, 5.74) is 4.07. The lowest BCUT2D eigenvalue weighted by Crippen LogP contribution is -2.24. The number of hydrogen-bond donors (Lipinski definition) is 1. The van der Waals surface area contributed by atoms with Crippen LogP contribution in [0.3, 0.4) is 0 Å². The minimum absolute atomic E-state index is 0.00270. The lowest BCUT2D eigenvalue weighted by molar-refractivity contribution is -0.116. The van der Waals surface area contributed by atoms with Gasteiger partial charge in [0.25, 0.3) is 0 Å². The molecule has 5 nitrogen and oxygen atoms in total. The van der Waals surface area contributed by atoms with Gasteiger partial charge in [0.15, 0.2) is 0 Å². The van der Waals surface area contributed by atoms with Crippen molar-refractivity contribution >= 4 is 44.1 Å². The molecule has 0 fully saturated rings. The summed E-state index contributed by atoms with van der Waals surface area (Å²) in [7, 11) is 0. The summed E-state index contributed by atoms with van der Waals surface area (Å²) < 4.78 is 2.89. The number of nitrogens with one attached hydrogen (secondary N) is 1. The van der Waals surface area contributed by atoms with E-state index in [0.29, 0.717) is 6.42 Å². The summed E-state index contributed by atoms with van der Waals surface area (Å²) in [5.74, 6) is 0.713. The molecule has 5 aromatic rings. The molecular formula is C24H18N4OS. The van der Waals surface area contributed by atoms with E-state index >= 15 is 0 Å². The number of benzene rings is 3. The minimum Gasteiger partial charge on any atom is -0.310 e. The number of aryl methyl sites for hydroxylation is 1. The van der Waals surface area contributed by atoms with E-state index in [0.717, 1.165) is 38.0 Å². The average molecular weight is 411 g/mol. The Morgan fingerprint density at radius 2 is 1.83 bits per heavy atom. The molecule has 1 aliphatic rings. The van der Waals surface area contributed by atoms with Gasteiger partial charge in [0.05, 0.1) is 15.9 Å². The van der Waals surface area contributed by atoms with Crippen LogP contribution in [0.5, 0.6) is 0 Å². The quantitative estimate of drug-likeness (QED) is 0.423. The molecule has 0 radical (unpaired) electrons. The summed E-state index contributed by atoms with van der Waals surface area (Å²) in [6.45, 7) is 2.01. The number of para-hydroxylation sites is 1. The maximum Gasteiger partial charge on any atom is 0.226 e. The molecule has 1 atom stereocenters. The van der Waals surface area contributed by atoms with Gasteiger partial charge in [-0.2, -0.15) is 9.78 Å². The third kappa shape index (κ3) is 2.64. The van der Waals surface area contributed by atoms with E-state index in [1.165, 1.54) is 10.8 Å². The number of fused-ring (bicyclic) bond motifs is 3. The van der Waals surface area contributed by atoms with Crippen molar-refractivity contribution in [2.45, 2.75) is 19.3 Å². The van der Waals surface area contributed by atoms with Crippen molar-refractivity contribution < 1.29 is 4.79 Å². The zero-order valence-corrected chi connectivity index (χ0v) is 17.1. The number of rotatable bonds is 2. The van der Waals surface area contributed by atoms with Crippen LogP contribution in [0, 0.1) is 6.92 Å². The highest BCUT2D eigenvalue weighted by Gasteiger charge is 2.33. The fraction of sp³-hybridized carbons (Fsp3) is 0.125. The zero-order chi connectivity index (χ0) is 20.2. The Hall–Kier alpha value is -3.51. The Kier molecular flexibility index (Phi) is 3.76. The molecule has 0 unspecified atom stereocenters. The van der Waals surface area contributed by atoms with Gasteiger partial charge in [-0.3, -0.25) is 4.79 Å². The van der Waals surface area contributed by atoms with Crippen molar-refractivity contribution in [2.24, 2.45) is 0 Å². The van der Waals surface area contributed by atoms with Crippen molar-refractivity contribution in [3.05, 3.63) is 83.6 Å². The highest BCUT2D eigenvalue weighted by Crippen LogP contribution is 2.41. The van der Waals surface area contributed by atoms with Crippen molar-refractivity contribution in [1.29, 1.82) is 0 Å². The van der Waals surface area contributed by atoms with Crippen LogP contribution >= 0.6 is 11.3 Å². The van der Waals surface area contributed by atoms with Gasteiger partial charge in [-0.05, 0) is 35.4 Å². The van der Waals surface area contributed by atoms with Gasteiger partial charge >= 0.3 is 0 Å². The normalized spacial score (nSPS) is 16.0. The summed E-state index contributed by atoms with van der Waals surface area (Å²) in [5, 5.41) is 11.0. The molecule has 0 aliphatic carbocycles. The Labute approximate surface area is 177 Å². The number of anilines is 1. The molecule has 6 heteroatoms. The zero-order valence-electron chi connectivity index (χ0n) is 16.3. The number of carbonyl (C=O) groups is 1. The number of amides is 1. The van der Waals surface area contributed by atoms with Crippen molar-refractivity contribution in [2.75, 3.05) is 5.32 Å². The van der Waals surface area contributed by atoms with E-state index in [-0.39, 0.29) is 11.8 Å². The first-order chi connectivity index (χ1) is 14.7. The summed E-state index contributed by atoms with van der Waals surface area (Å²) in [4.78, 5) is 17.4. The summed E-state index contributed by atoms with van der Waals surface area (Å²) >= 11 is 1.57. The van der Waals surface area contributed by atoms with Crippen LogP contribution in [0.4, 0.5) is 5.82 Å². The molecule has 1 amide bonds. The molecule has 0 saturated carbocycles. The third-order valence-corrected chi connectivity index (χ3v) is 6.75. The molecule has 1 N–H and O–H groups in total. The maximum absolute atomic E-state index is 12.7. The second-order valence-electron chi connectivity index (χ2n) is 7.64. The summed E-state index contributed by atoms with van der Waals surface area (Å²) in [6.07, 6.45) is 0.414. The Morgan fingerprint density at radius 3 is 2.70 bits per heavy atom. The van der Waals surface area contributed by atoms with Crippen molar-refractivity contribution in [3.8, 4) is 5.13 Å². The topological polar surface area (TPSA) is 59.8 Å². The van der Waals surface area contributed by atoms with Crippen molar-refractivity contribution in [1.82, 2.24) is 14.8 Å². The Bertz CT molecular complexity index is 1420. The molecule has 0 saturated heterocycles. The maximum atomic E-state index is 12.7. The molecule has 2 aromatic heterocycles. The number of hydrogen-bond acceptors (Lipinski definition) is 4. The molecule has 0 bridgehead atoms. The molecule has 3 aromatic carbocycles. The molecule has 0 spiro atoms. The third-order valence-electron chi connectivity index (χ3n) is 5.74. The van der Waals surface area contributed by atoms with Gasteiger partial charge in [0.1, 0.15) is 5.82 Å². The number of carbonyl (C=O) groups excluding carboxylic acids is 1. The Balaban J connectivity index is 1.52. The standard InChI is InChI=1S/C24H18N4OS/c1-14-22-18(17-11-10-15-6-2-3-7-16(15)12-17)13-21(29)26-23(22)28(27-14)24-25-19-8-4-5-9-20(19)30-24/h2-12,18H,13H2,1H3,(H,26,29)/t18-/m0/s1. The molecule has 3 heterocycles. The van der Waals surface area contributed by atoms with Gasteiger partial charge in [-0.1, -0.05) is 65.9 Å². The predicted molar refractivity (Wildman–Crippen MR) is 121 cm³/mol. The van der Waals surface area contributed by atoms with Crippen LogP contribution < -0.4 is 5.32 Å². The van der Waals surface area contributed by atoms with E-state index in [1.54, 1.807) is 16.0 Å². The SMILES string of the molecule is Cc1nn(-c2nc3ccccc3s2)c2c1[C@H](c1ccc3ccccc3c1)CC(=O)N2. The van der Waals surface area contributed by atoms with Gasteiger partial charge in [-0.15, -0.1) is 0 Å². The molecule has 30 heavy (non-hydrogen) atoms. The fourth-order valence-corrected chi connectivity index (χ4v) is 5.27. The summed E-state index contributed by atoms with van der Waals surface area (Å²) in [6, 6.07) is 22.8. The largest absolute Gasteiger partial charge is 0.310 e. The van der Waals surface area contributed by atoms with Crippen LogP contribution in [-0.4, -0.2) is 20.7 Å². The van der Waals surface area contributed by atoms with E-state index < -0.39 is 0 Å². The second-order valence-corrected chi connectivity index (χ2v) is 8.64. The number of aromatic nitrogens is 3. The first kappa shape index (κ1) is 17.4. The predicted octanol–water partition coefficient (Wildman–Crippen LogP) is 5.42. The van der Waals surface area contributed by atoms with Gasteiger partial charge in [0, 0.05) is 17.9 Å². The first-order valence-corrected chi connectivity index (χ1v) is 10.7. The van der Waals surface area contributed by atoms with E-state index in [4.69, 9.17) is 10.1 Å². The van der Waals surface area contributed by atoms with Crippen LogP contribution in [0.2, 0.25) is 0 Å². The monoisotopic (exact) mass is 410 g/mol. The minimum atomic E-state index is -0.0264. The average Bonchev–Trinajstić information content (AvgIpc) is 3.34. The number of thiazole rings is 1. The molecule has 146 valence electrons. The van der Waals surface area contributed by atoms with Crippen LogP contribution in [0.1, 0.15) is 29.2 Å². The highest BCUT2D eigenvalue weighted by atomic mass is 32.1. The van der Waals surface area contributed by atoms with Gasteiger partial charge < -0.3 is 5.32 Å². The van der Waals surface area contributed by atoms with Crippen LogP contribution in [0.15, 0.2) is 66.7 Å². The number of nitrogens with zero attached hydrogens (tertiary/aromatic N) is 3. The highest BCUT2D eigenvalue weighted by molar-refractivity contribution is 7.20. The molecular weight excluding hydrogens is 392 g/mol. The van der Waals surface area contributed by atoms with Crippen molar-refractivity contribution in [3.63, 3.8) is 0 Å². The fourth-order valence-electron chi connectivity index (χ4n) is 4.35. The molecule has 6 rings (SSSR count).